The van der Waals surface area contributed by atoms with Crippen molar-refractivity contribution in [1.82, 2.24) is 0 Å². The molecule has 3 nitrogen and oxygen atoms in total. The van der Waals surface area contributed by atoms with Gasteiger partial charge in [0.25, 0.3) is 0 Å². The summed E-state index contributed by atoms with van der Waals surface area (Å²) < 4.78 is 4.94. The Kier molecular flexibility index (Phi) is 2.35. The van der Waals surface area contributed by atoms with Crippen LogP contribution < -0.4 is 0 Å². The zero-order valence-electron chi connectivity index (χ0n) is 11.8. The number of carbonyl (C=O) groups excluding carboxylic acids is 2. The molecule has 0 aromatic heterocycles. The third-order valence-electron chi connectivity index (χ3n) is 5.32. The summed E-state index contributed by atoms with van der Waals surface area (Å²) in [7, 11) is 0. The Morgan fingerprint density at radius 1 is 0.696 bits per heavy atom. The average molecular weight is 345 g/mol. The summed E-state index contributed by atoms with van der Waals surface area (Å²) in [6.07, 6.45) is 0. The highest BCUT2D eigenvalue weighted by Gasteiger charge is 2.72. The molecule has 2 aromatic rings. The quantitative estimate of drug-likeness (QED) is 0.418. The first-order chi connectivity index (χ1) is 11.0. The van der Waals surface area contributed by atoms with E-state index in [1.54, 1.807) is 0 Å². The normalized spacial score (nSPS) is 36.3. The van der Waals surface area contributed by atoms with E-state index in [9.17, 15) is 9.59 Å². The van der Waals surface area contributed by atoms with Crippen LogP contribution in [0.4, 0.5) is 0 Å². The van der Waals surface area contributed by atoms with Crippen molar-refractivity contribution in [1.29, 1.82) is 0 Å². The molecule has 114 valence electrons. The first kappa shape index (κ1) is 13.6. The van der Waals surface area contributed by atoms with Crippen molar-refractivity contribution in [2.45, 2.75) is 9.75 Å². The van der Waals surface area contributed by atoms with Gasteiger partial charge >= 0.3 is 11.9 Å². The summed E-state index contributed by atoms with van der Waals surface area (Å²) in [4.78, 5) is 22.5. The number of hydrogen-bond acceptors (Lipinski definition) is 3. The molecule has 1 fully saturated rings. The summed E-state index contributed by atoms with van der Waals surface area (Å²) in [5, 5.41) is 0. The minimum atomic E-state index is -1.13. The van der Waals surface area contributed by atoms with Crippen molar-refractivity contribution in [3.05, 3.63) is 70.8 Å². The lowest BCUT2D eigenvalue weighted by molar-refractivity contribution is -0.154. The maximum Gasteiger partial charge on any atom is 0.320 e. The molecule has 23 heavy (non-hydrogen) atoms. The largest absolute Gasteiger partial charge is 0.393 e. The van der Waals surface area contributed by atoms with Gasteiger partial charge in [-0.1, -0.05) is 48.5 Å². The highest BCUT2D eigenvalue weighted by Crippen LogP contribution is 2.69. The third kappa shape index (κ3) is 1.28. The van der Waals surface area contributed by atoms with Crippen LogP contribution in [-0.4, -0.2) is 11.9 Å². The third-order valence-corrected chi connectivity index (χ3v) is 6.61. The molecule has 3 aliphatic carbocycles. The van der Waals surface area contributed by atoms with Gasteiger partial charge in [-0.05, 0) is 22.3 Å². The predicted octanol–water partition coefficient (Wildman–Crippen LogP) is 3.29. The Morgan fingerprint density at radius 3 is 1.30 bits per heavy atom. The van der Waals surface area contributed by atoms with Gasteiger partial charge in [0.05, 0.1) is 0 Å². The molecule has 1 heterocycles. The van der Waals surface area contributed by atoms with Gasteiger partial charge in [-0.25, -0.2) is 0 Å². The molecule has 0 N–H and O–H groups in total. The fraction of sp³-hybridized carbons (Fsp3) is 0.222. The van der Waals surface area contributed by atoms with Gasteiger partial charge < -0.3 is 4.74 Å². The van der Waals surface area contributed by atoms with Crippen LogP contribution in [0.15, 0.2) is 48.5 Å². The van der Waals surface area contributed by atoms with E-state index in [2.05, 4.69) is 0 Å². The highest BCUT2D eigenvalue weighted by molar-refractivity contribution is 6.35. The van der Waals surface area contributed by atoms with E-state index in [4.69, 9.17) is 27.9 Å². The van der Waals surface area contributed by atoms with Gasteiger partial charge in [-0.2, -0.15) is 0 Å². The van der Waals surface area contributed by atoms with Crippen molar-refractivity contribution in [2.75, 3.05) is 0 Å². The molecule has 0 amide bonds. The van der Waals surface area contributed by atoms with Crippen molar-refractivity contribution < 1.29 is 14.3 Å². The smallest absolute Gasteiger partial charge is 0.320 e. The van der Waals surface area contributed by atoms with Crippen LogP contribution in [0, 0.1) is 11.8 Å². The topological polar surface area (TPSA) is 43.4 Å². The summed E-state index contributed by atoms with van der Waals surface area (Å²) in [5.74, 6) is -2.80. The fourth-order valence-electron chi connectivity index (χ4n) is 4.48. The molecule has 4 aliphatic rings. The van der Waals surface area contributed by atoms with Crippen molar-refractivity contribution in [3.8, 4) is 0 Å². The molecular weight excluding hydrogens is 335 g/mol. The summed E-state index contributed by atoms with van der Waals surface area (Å²) in [6.45, 7) is 0. The first-order valence-electron chi connectivity index (χ1n) is 7.34. The Labute approximate surface area is 142 Å². The van der Waals surface area contributed by atoms with E-state index >= 15 is 0 Å². The zero-order chi connectivity index (χ0) is 16.0. The lowest BCUT2D eigenvalue weighted by atomic mass is 9.54. The van der Waals surface area contributed by atoms with Gasteiger partial charge in [0, 0.05) is 0 Å². The van der Waals surface area contributed by atoms with Gasteiger partial charge in [-0.3, -0.25) is 9.59 Å². The zero-order valence-corrected chi connectivity index (χ0v) is 13.3. The highest BCUT2D eigenvalue weighted by atomic mass is 35.5. The summed E-state index contributed by atoms with van der Waals surface area (Å²) in [6, 6.07) is 15.0. The van der Waals surface area contributed by atoms with E-state index in [0.717, 1.165) is 22.3 Å². The lowest BCUT2D eigenvalue weighted by Gasteiger charge is -2.54. The maximum absolute atomic E-state index is 12.4. The second kappa shape index (κ2) is 3.97. The molecule has 6 rings (SSSR count). The minimum Gasteiger partial charge on any atom is -0.393 e. The molecule has 5 heteroatoms. The Balaban J connectivity index is 1.99. The number of cyclic esters (lactones) is 2. The lowest BCUT2D eigenvalue weighted by Crippen LogP contribution is -2.57. The standard InChI is InChI=1S/C18H10Cl2O3/c19-17-9-5-1-2-6-10(9)18(20,12-8-4-3-7-11(12)17)14-13(17)15(21)23-16(14)22/h1-8,13-14H. The molecule has 2 bridgehead atoms. The average Bonchev–Trinajstić information content (AvgIpc) is 2.88. The van der Waals surface area contributed by atoms with Gasteiger partial charge in [-0.15, -0.1) is 23.2 Å². The van der Waals surface area contributed by atoms with Gasteiger partial charge in [0.2, 0.25) is 0 Å². The summed E-state index contributed by atoms with van der Waals surface area (Å²) >= 11 is 14.1. The van der Waals surface area contributed by atoms with Crippen molar-refractivity contribution in [2.24, 2.45) is 11.8 Å². The minimum absolute atomic E-state index is 0.593. The monoisotopic (exact) mass is 344 g/mol. The second-order valence-corrected chi connectivity index (χ2v) is 7.40. The van der Waals surface area contributed by atoms with E-state index in [-0.39, 0.29) is 0 Å². The van der Waals surface area contributed by atoms with Crippen LogP contribution in [0.5, 0.6) is 0 Å². The Hall–Kier alpha value is -1.84. The van der Waals surface area contributed by atoms with E-state index in [1.807, 2.05) is 48.5 Å². The number of halogens is 2. The molecule has 0 radical (unpaired) electrons. The Bertz CT molecular complexity index is 785. The molecule has 0 saturated carbocycles. The van der Waals surface area contributed by atoms with E-state index in [1.165, 1.54) is 0 Å². The van der Waals surface area contributed by atoms with Crippen LogP contribution >= 0.6 is 23.2 Å². The predicted molar refractivity (Wildman–Crippen MR) is 84.2 cm³/mol. The van der Waals surface area contributed by atoms with Crippen LogP contribution in [-0.2, 0) is 24.1 Å². The molecule has 1 saturated heterocycles. The van der Waals surface area contributed by atoms with Crippen LogP contribution in [0.1, 0.15) is 22.3 Å². The molecule has 1 aliphatic heterocycles. The number of hydrogen-bond donors (Lipinski definition) is 0. The first-order valence-corrected chi connectivity index (χ1v) is 8.09. The van der Waals surface area contributed by atoms with Crippen LogP contribution in [0.2, 0.25) is 0 Å². The van der Waals surface area contributed by atoms with Crippen molar-refractivity contribution in [3.63, 3.8) is 0 Å². The molecule has 2 unspecified atom stereocenters. The molecule has 2 atom stereocenters. The molecule has 2 aromatic carbocycles. The maximum atomic E-state index is 12.4. The Morgan fingerprint density at radius 2 is 1.00 bits per heavy atom. The van der Waals surface area contributed by atoms with Crippen molar-refractivity contribution >= 4 is 35.1 Å². The number of carbonyl (C=O) groups is 2. The van der Waals surface area contributed by atoms with E-state index in [0.29, 0.717) is 0 Å². The second-order valence-electron chi connectivity index (χ2n) is 6.21. The number of ether oxygens (including phenoxy) is 1. The number of rotatable bonds is 0. The number of benzene rings is 2. The van der Waals surface area contributed by atoms with Crippen LogP contribution in [0.25, 0.3) is 0 Å². The molecule has 0 spiro atoms. The number of alkyl halides is 2. The van der Waals surface area contributed by atoms with Gasteiger partial charge in [0.15, 0.2) is 0 Å². The van der Waals surface area contributed by atoms with Crippen LogP contribution in [0.3, 0.4) is 0 Å². The molecular formula is C18H10Cl2O3. The number of esters is 2. The van der Waals surface area contributed by atoms with Gasteiger partial charge in [0.1, 0.15) is 21.6 Å². The van der Waals surface area contributed by atoms with E-state index < -0.39 is 33.5 Å². The summed E-state index contributed by atoms with van der Waals surface area (Å²) in [5.41, 5.74) is 3.12. The SMILES string of the molecule is O=C1OC(=O)C2C1C1(Cl)c3ccccc3C2(Cl)c2ccccc21. The fourth-order valence-corrected chi connectivity index (χ4v) is 5.57.